The van der Waals surface area contributed by atoms with Gasteiger partial charge in [0.1, 0.15) is 5.75 Å². The van der Waals surface area contributed by atoms with Gasteiger partial charge in [-0.3, -0.25) is 4.90 Å². The molecule has 2 rings (SSSR count). The summed E-state index contributed by atoms with van der Waals surface area (Å²) in [5.74, 6) is 6.96. The number of hydrogen-bond donors (Lipinski definition) is 1. The lowest BCUT2D eigenvalue weighted by atomic mass is 10.1. The van der Waals surface area contributed by atoms with Gasteiger partial charge in [-0.25, -0.2) is 0 Å². The van der Waals surface area contributed by atoms with Gasteiger partial charge in [-0.05, 0) is 44.1 Å². The highest BCUT2D eigenvalue weighted by Crippen LogP contribution is 2.23. The molecule has 0 spiro atoms. The molecular formula is C16H21NO2. The van der Waals surface area contributed by atoms with Crippen LogP contribution in [0.2, 0.25) is 0 Å². The lowest BCUT2D eigenvalue weighted by Crippen LogP contribution is -2.18. The van der Waals surface area contributed by atoms with Gasteiger partial charge in [0, 0.05) is 24.1 Å². The van der Waals surface area contributed by atoms with E-state index in [0.717, 1.165) is 17.9 Å². The zero-order valence-corrected chi connectivity index (χ0v) is 11.5. The van der Waals surface area contributed by atoms with Gasteiger partial charge in [0.25, 0.3) is 0 Å². The van der Waals surface area contributed by atoms with Crippen LogP contribution in [0.1, 0.15) is 30.4 Å². The Bertz CT molecular complexity index is 467. The lowest BCUT2D eigenvalue weighted by molar-refractivity contribution is 0.305. The molecule has 0 saturated carbocycles. The van der Waals surface area contributed by atoms with E-state index in [-0.39, 0.29) is 6.61 Å². The molecule has 3 nitrogen and oxygen atoms in total. The van der Waals surface area contributed by atoms with E-state index in [1.165, 1.54) is 31.5 Å². The summed E-state index contributed by atoms with van der Waals surface area (Å²) in [5, 5.41) is 8.74. The van der Waals surface area contributed by atoms with Gasteiger partial charge >= 0.3 is 0 Å². The Morgan fingerprint density at radius 3 is 2.79 bits per heavy atom. The van der Waals surface area contributed by atoms with Gasteiger partial charge in [0.15, 0.2) is 0 Å². The maximum atomic E-state index is 8.74. The van der Waals surface area contributed by atoms with Crippen molar-refractivity contribution < 1.29 is 9.84 Å². The maximum Gasteiger partial charge on any atom is 0.123 e. The summed E-state index contributed by atoms with van der Waals surface area (Å²) in [6, 6.07) is 6.05. The summed E-state index contributed by atoms with van der Waals surface area (Å²) in [7, 11) is 1.71. The number of nitrogens with zero attached hydrogens (tertiary/aromatic N) is 1. The molecule has 0 amide bonds. The molecule has 19 heavy (non-hydrogen) atoms. The lowest BCUT2D eigenvalue weighted by Gasteiger charge is -2.17. The zero-order valence-electron chi connectivity index (χ0n) is 11.5. The van der Waals surface area contributed by atoms with Crippen LogP contribution in [0.15, 0.2) is 18.2 Å². The quantitative estimate of drug-likeness (QED) is 0.840. The van der Waals surface area contributed by atoms with E-state index in [2.05, 4.69) is 22.8 Å². The molecule has 0 aliphatic carbocycles. The second-order valence-electron chi connectivity index (χ2n) is 4.79. The standard InChI is InChI=1S/C16H21NO2/c1-19-16-8-7-14(6-2-5-11-18)12-15(16)13-17-9-3-4-10-17/h7-8,12,18H,3-5,9-11,13H2,1H3. The smallest absolute Gasteiger partial charge is 0.123 e. The Morgan fingerprint density at radius 2 is 2.11 bits per heavy atom. The van der Waals surface area contributed by atoms with Gasteiger partial charge in [-0.15, -0.1) is 0 Å². The number of aliphatic hydroxyl groups excluding tert-OH is 1. The van der Waals surface area contributed by atoms with Crippen LogP contribution in [-0.2, 0) is 6.54 Å². The zero-order chi connectivity index (χ0) is 13.5. The van der Waals surface area contributed by atoms with Crippen molar-refractivity contribution in [3.63, 3.8) is 0 Å². The number of rotatable bonds is 4. The largest absolute Gasteiger partial charge is 0.496 e. The van der Waals surface area contributed by atoms with E-state index < -0.39 is 0 Å². The molecule has 1 aromatic carbocycles. The third-order valence-electron chi connectivity index (χ3n) is 3.34. The van der Waals surface area contributed by atoms with E-state index in [4.69, 9.17) is 9.84 Å². The molecule has 1 aliphatic heterocycles. The number of hydrogen-bond acceptors (Lipinski definition) is 3. The van der Waals surface area contributed by atoms with Crippen molar-refractivity contribution in [2.24, 2.45) is 0 Å². The first-order chi connectivity index (χ1) is 9.33. The van der Waals surface area contributed by atoms with Gasteiger partial charge in [-0.1, -0.05) is 11.8 Å². The number of benzene rings is 1. The third-order valence-corrected chi connectivity index (χ3v) is 3.34. The monoisotopic (exact) mass is 259 g/mol. The Balaban J connectivity index is 2.14. The van der Waals surface area contributed by atoms with E-state index in [1.54, 1.807) is 7.11 Å². The summed E-state index contributed by atoms with van der Waals surface area (Å²) in [6.45, 7) is 3.38. The van der Waals surface area contributed by atoms with E-state index in [1.807, 2.05) is 12.1 Å². The van der Waals surface area contributed by atoms with Crippen molar-refractivity contribution in [1.29, 1.82) is 0 Å². The van der Waals surface area contributed by atoms with E-state index in [9.17, 15) is 0 Å². The minimum Gasteiger partial charge on any atom is -0.496 e. The van der Waals surface area contributed by atoms with E-state index in [0.29, 0.717) is 6.42 Å². The van der Waals surface area contributed by atoms with Crippen molar-refractivity contribution >= 4 is 0 Å². The van der Waals surface area contributed by atoms with Crippen molar-refractivity contribution in [1.82, 2.24) is 4.90 Å². The van der Waals surface area contributed by atoms with Crippen molar-refractivity contribution in [3.05, 3.63) is 29.3 Å². The fraction of sp³-hybridized carbons (Fsp3) is 0.500. The summed E-state index contributed by atoms with van der Waals surface area (Å²) in [6.07, 6.45) is 3.10. The van der Waals surface area contributed by atoms with Crippen LogP contribution in [0.3, 0.4) is 0 Å². The summed E-state index contributed by atoms with van der Waals surface area (Å²) in [5.41, 5.74) is 2.18. The molecule has 1 N–H and O–H groups in total. The molecule has 1 aliphatic rings. The van der Waals surface area contributed by atoms with Gasteiger partial charge < -0.3 is 9.84 Å². The highest BCUT2D eigenvalue weighted by atomic mass is 16.5. The molecule has 0 unspecified atom stereocenters. The van der Waals surface area contributed by atoms with Crippen molar-refractivity contribution in [2.45, 2.75) is 25.8 Å². The fourth-order valence-electron chi connectivity index (χ4n) is 2.38. The minimum atomic E-state index is 0.115. The summed E-state index contributed by atoms with van der Waals surface area (Å²) < 4.78 is 5.42. The molecule has 0 atom stereocenters. The third kappa shape index (κ3) is 3.99. The molecule has 1 saturated heterocycles. The number of methoxy groups -OCH3 is 1. The van der Waals surface area contributed by atoms with Crippen molar-refractivity contribution in [2.75, 3.05) is 26.8 Å². The Hall–Kier alpha value is -1.50. The van der Waals surface area contributed by atoms with Crippen LogP contribution < -0.4 is 4.74 Å². The second kappa shape index (κ2) is 7.18. The molecule has 0 bridgehead atoms. The predicted octanol–water partition coefficient (Wildman–Crippen LogP) is 2.02. The molecule has 1 aromatic rings. The molecule has 1 heterocycles. The average molecular weight is 259 g/mol. The number of ether oxygens (including phenoxy) is 1. The van der Waals surface area contributed by atoms with Crippen LogP contribution in [0.4, 0.5) is 0 Å². The van der Waals surface area contributed by atoms with Crippen LogP contribution >= 0.6 is 0 Å². The molecule has 0 radical (unpaired) electrons. The normalized spacial score (nSPS) is 15.1. The SMILES string of the molecule is COc1ccc(C#CCCO)cc1CN1CCCC1. The first-order valence-corrected chi connectivity index (χ1v) is 6.82. The van der Waals surface area contributed by atoms with Gasteiger partial charge in [0.2, 0.25) is 0 Å². The molecule has 3 heteroatoms. The minimum absolute atomic E-state index is 0.115. The predicted molar refractivity (Wildman–Crippen MR) is 76.1 cm³/mol. The second-order valence-corrected chi connectivity index (χ2v) is 4.79. The average Bonchev–Trinajstić information content (AvgIpc) is 2.92. The van der Waals surface area contributed by atoms with Crippen molar-refractivity contribution in [3.8, 4) is 17.6 Å². The molecular weight excluding hydrogens is 238 g/mol. The maximum absolute atomic E-state index is 8.74. The van der Waals surface area contributed by atoms with E-state index >= 15 is 0 Å². The molecule has 0 aromatic heterocycles. The topological polar surface area (TPSA) is 32.7 Å². The molecule has 1 fully saturated rings. The fourth-order valence-corrected chi connectivity index (χ4v) is 2.38. The molecule has 102 valence electrons. The van der Waals surface area contributed by atoms with Crippen LogP contribution in [0.25, 0.3) is 0 Å². The van der Waals surface area contributed by atoms with Gasteiger partial charge in [-0.2, -0.15) is 0 Å². The van der Waals surface area contributed by atoms with Crippen LogP contribution in [0, 0.1) is 11.8 Å². The Morgan fingerprint density at radius 1 is 1.32 bits per heavy atom. The first-order valence-electron chi connectivity index (χ1n) is 6.82. The summed E-state index contributed by atoms with van der Waals surface area (Å²) >= 11 is 0. The Labute approximate surface area is 115 Å². The number of aliphatic hydroxyl groups is 1. The van der Waals surface area contributed by atoms with Gasteiger partial charge in [0.05, 0.1) is 13.7 Å². The number of likely N-dealkylation sites (tertiary alicyclic amines) is 1. The van der Waals surface area contributed by atoms with Crippen LogP contribution in [0.5, 0.6) is 5.75 Å². The van der Waals surface area contributed by atoms with Crippen LogP contribution in [-0.4, -0.2) is 36.8 Å². The summed E-state index contributed by atoms with van der Waals surface area (Å²) in [4.78, 5) is 2.45. The highest BCUT2D eigenvalue weighted by Gasteiger charge is 2.14. The first kappa shape index (κ1) is 13.9. The Kier molecular flexibility index (Phi) is 5.26. The highest BCUT2D eigenvalue weighted by molar-refractivity contribution is 5.44.